The third-order valence-electron chi connectivity index (χ3n) is 5.12. The lowest BCUT2D eigenvalue weighted by atomic mass is 10.0. The first-order chi connectivity index (χ1) is 11.8. The second-order valence-corrected chi connectivity index (χ2v) is 6.78. The molecule has 1 aliphatic carbocycles. The van der Waals surface area contributed by atoms with Gasteiger partial charge in [0.2, 0.25) is 5.91 Å². The number of aryl methyl sites for hydroxylation is 2. The third-order valence-corrected chi connectivity index (χ3v) is 5.12. The summed E-state index contributed by atoms with van der Waals surface area (Å²) in [5.41, 5.74) is 2.13. The fourth-order valence-corrected chi connectivity index (χ4v) is 3.98. The largest absolute Gasteiger partial charge is 0.483 e. The number of likely N-dealkylation sites (tertiary alicyclic amines) is 1. The molecule has 1 aliphatic heterocycles. The maximum Gasteiger partial charge on any atom is 0.345 e. The minimum Gasteiger partial charge on any atom is -0.483 e. The number of aromatic amines is 1. The van der Waals surface area contributed by atoms with Crippen molar-refractivity contribution in [1.82, 2.24) is 14.9 Å². The molecule has 0 spiro atoms. The molecular weight excluding hydrogens is 326 g/mol. The lowest BCUT2D eigenvalue weighted by molar-refractivity contribution is -0.130. The topological polar surface area (TPSA) is 124 Å². The van der Waals surface area contributed by atoms with Crippen LogP contribution in [0.4, 0.5) is 0 Å². The molecular formula is C17H25N3O5. The van der Waals surface area contributed by atoms with E-state index in [1.54, 1.807) is 0 Å². The van der Waals surface area contributed by atoms with Gasteiger partial charge in [-0.1, -0.05) is 0 Å². The van der Waals surface area contributed by atoms with Crippen molar-refractivity contribution in [3.05, 3.63) is 27.4 Å². The van der Waals surface area contributed by atoms with Gasteiger partial charge in [-0.3, -0.25) is 9.59 Å². The highest BCUT2D eigenvalue weighted by Crippen LogP contribution is 2.38. The highest BCUT2D eigenvalue weighted by Gasteiger charge is 2.41. The van der Waals surface area contributed by atoms with Crippen LogP contribution in [0.3, 0.4) is 0 Å². The summed E-state index contributed by atoms with van der Waals surface area (Å²) in [6.45, 7) is 4.96. The molecule has 2 fully saturated rings. The molecule has 1 unspecified atom stereocenters. The van der Waals surface area contributed by atoms with E-state index in [-0.39, 0.29) is 24.2 Å². The zero-order valence-corrected chi connectivity index (χ0v) is 14.6. The molecule has 138 valence electrons. The average molecular weight is 351 g/mol. The van der Waals surface area contributed by atoms with Gasteiger partial charge in [-0.05, 0) is 50.5 Å². The monoisotopic (exact) mass is 351 g/mol. The number of carboxylic acid groups (broad SMARTS) is 1. The number of carbonyl (C=O) groups is 2. The molecule has 25 heavy (non-hydrogen) atoms. The Hall–Kier alpha value is -2.22. The van der Waals surface area contributed by atoms with Crippen LogP contribution in [0.5, 0.6) is 0 Å². The van der Waals surface area contributed by atoms with Gasteiger partial charge in [0.25, 0.3) is 6.47 Å². The second kappa shape index (κ2) is 8.24. The maximum atomic E-state index is 12.4. The average Bonchev–Trinajstić information content (AvgIpc) is 3.04. The lowest BCUT2D eigenvalue weighted by Crippen LogP contribution is -2.30. The molecule has 1 saturated carbocycles. The van der Waals surface area contributed by atoms with Crippen molar-refractivity contribution in [2.45, 2.75) is 45.6 Å². The van der Waals surface area contributed by atoms with Crippen LogP contribution in [0, 0.1) is 25.7 Å². The minimum absolute atomic E-state index is 0.161. The Morgan fingerprint density at radius 2 is 1.88 bits per heavy atom. The molecule has 2 aliphatic rings. The van der Waals surface area contributed by atoms with E-state index in [2.05, 4.69) is 9.97 Å². The van der Waals surface area contributed by atoms with Crippen LogP contribution >= 0.6 is 0 Å². The van der Waals surface area contributed by atoms with Gasteiger partial charge in [0.05, 0.1) is 6.10 Å². The first-order valence-corrected chi connectivity index (χ1v) is 8.45. The van der Waals surface area contributed by atoms with E-state index in [0.717, 1.165) is 37.2 Å². The van der Waals surface area contributed by atoms with Crippen LogP contribution in [-0.4, -0.2) is 56.7 Å². The van der Waals surface area contributed by atoms with E-state index in [1.165, 1.54) is 0 Å². The number of hydrogen-bond acceptors (Lipinski definition) is 5. The molecule has 0 radical (unpaired) electrons. The van der Waals surface area contributed by atoms with Crippen molar-refractivity contribution in [2.24, 2.45) is 11.8 Å². The van der Waals surface area contributed by atoms with Crippen LogP contribution in [0.15, 0.2) is 4.79 Å². The van der Waals surface area contributed by atoms with Gasteiger partial charge in [-0.25, -0.2) is 4.79 Å². The summed E-state index contributed by atoms with van der Waals surface area (Å²) in [6.07, 6.45) is 2.53. The molecule has 8 heteroatoms. The molecule has 1 amide bonds. The zero-order valence-electron chi connectivity index (χ0n) is 14.6. The smallest absolute Gasteiger partial charge is 0.345 e. The SMILES string of the molecule is Cc1nc(=O)[nH]c(C)c1CCC(=O)N1C[C@H]2CC(O)C[C@H]2C1.O=CO. The van der Waals surface area contributed by atoms with Crippen molar-refractivity contribution in [1.29, 1.82) is 0 Å². The van der Waals surface area contributed by atoms with Gasteiger partial charge in [0.1, 0.15) is 0 Å². The number of H-pyrrole nitrogens is 1. The maximum absolute atomic E-state index is 12.4. The normalized spacial score (nSPS) is 24.4. The number of aromatic nitrogens is 2. The number of aliphatic hydroxyl groups excluding tert-OH is 1. The molecule has 3 N–H and O–H groups in total. The second-order valence-electron chi connectivity index (χ2n) is 6.78. The number of carbonyl (C=O) groups excluding carboxylic acids is 1. The summed E-state index contributed by atoms with van der Waals surface area (Å²) in [5, 5.41) is 16.5. The Balaban J connectivity index is 0.000000701. The van der Waals surface area contributed by atoms with Crippen molar-refractivity contribution >= 4 is 12.4 Å². The number of fused-ring (bicyclic) bond motifs is 1. The van der Waals surface area contributed by atoms with Gasteiger partial charge in [0.15, 0.2) is 0 Å². The molecule has 1 aromatic rings. The van der Waals surface area contributed by atoms with E-state index in [4.69, 9.17) is 9.90 Å². The summed E-state index contributed by atoms with van der Waals surface area (Å²) in [5.74, 6) is 1.10. The van der Waals surface area contributed by atoms with Crippen LogP contribution in [-0.2, 0) is 16.0 Å². The fourth-order valence-electron chi connectivity index (χ4n) is 3.98. The Morgan fingerprint density at radius 1 is 1.32 bits per heavy atom. The summed E-state index contributed by atoms with van der Waals surface area (Å²) >= 11 is 0. The number of rotatable bonds is 3. The van der Waals surface area contributed by atoms with Crippen molar-refractivity contribution in [3.8, 4) is 0 Å². The minimum atomic E-state index is -0.337. The quantitative estimate of drug-likeness (QED) is 0.671. The highest BCUT2D eigenvalue weighted by atomic mass is 16.3. The lowest BCUT2D eigenvalue weighted by Gasteiger charge is -2.18. The number of hydrogen-bond donors (Lipinski definition) is 3. The van der Waals surface area contributed by atoms with Crippen molar-refractivity contribution in [2.75, 3.05) is 13.1 Å². The summed E-state index contributed by atoms with van der Waals surface area (Å²) in [6, 6.07) is 0. The Labute approximate surface area is 145 Å². The first kappa shape index (κ1) is 19.1. The molecule has 3 atom stereocenters. The van der Waals surface area contributed by atoms with Crippen LogP contribution in [0.25, 0.3) is 0 Å². The van der Waals surface area contributed by atoms with Gasteiger partial charge >= 0.3 is 5.69 Å². The Bertz CT molecular complexity index is 647. The number of nitrogens with zero attached hydrogens (tertiary/aromatic N) is 2. The molecule has 3 rings (SSSR count). The zero-order chi connectivity index (χ0) is 18.6. The van der Waals surface area contributed by atoms with Crippen molar-refractivity contribution in [3.63, 3.8) is 0 Å². The summed E-state index contributed by atoms with van der Waals surface area (Å²) in [7, 11) is 0. The predicted octanol–water partition coefficient (Wildman–Crippen LogP) is 0.249. The Kier molecular flexibility index (Phi) is 6.30. The highest BCUT2D eigenvalue weighted by molar-refractivity contribution is 5.76. The molecule has 0 aromatic carbocycles. The summed E-state index contributed by atoms with van der Waals surface area (Å²) in [4.78, 5) is 40.6. The number of amides is 1. The van der Waals surface area contributed by atoms with Gasteiger partial charge in [-0.2, -0.15) is 4.98 Å². The first-order valence-electron chi connectivity index (χ1n) is 8.45. The molecule has 8 nitrogen and oxygen atoms in total. The predicted molar refractivity (Wildman–Crippen MR) is 90.1 cm³/mol. The summed E-state index contributed by atoms with van der Waals surface area (Å²) < 4.78 is 0. The molecule has 0 bridgehead atoms. The number of nitrogens with one attached hydrogen (secondary N) is 1. The van der Waals surface area contributed by atoms with E-state index in [0.29, 0.717) is 30.4 Å². The van der Waals surface area contributed by atoms with Crippen LogP contribution in [0.1, 0.15) is 36.2 Å². The van der Waals surface area contributed by atoms with E-state index in [1.807, 2.05) is 18.7 Å². The van der Waals surface area contributed by atoms with Crippen molar-refractivity contribution < 1.29 is 19.8 Å². The van der Waals surface area contributed by atoms with E-state index < -0.39 is 0 Å². The van der Waals surface area contributed by atoms with Crippen LogP contribution in [0.2, 0.25) is 0 Å². The van der Waals surface area contributed by atoms with Gasteiger partial charge < -0.3 is 20.1 Å². The number of aliphatic hydroxyl groups is 1. The molecule has 1 saturated heterocycles. The molecule has 2 heterocycles. The van der Waals surface area contributed by atoms with Crippen LogP contribution < -0.4 is 5.69 Å². The third kappa shape index (κ3) is 4.66. The standard InChI is InChI=1S/C16H23N3O3.CH2O2/c1-9-14(10(2)18-16(22)17-9)3-4-15(21)19-7-11-5-13(20)6-12(11)8-19;2-1-3/h11-13,20H,3-8H2,1-2H3,(H,17,18,22);1H,(H,2,3)/t11-,12+,13?;. The van der Waals surface area contributed by atoms with Gasteiger partial charge in [0, 0.05) is 30.9 Å². The fraction of sp³-hybridized carbons (Fsp3) is 0.647. The van der Waals surface area contributed by atoms with E-state index in [9.17, 15) is 14.7 Å². The van der Waals surface area contributed by atoms with Gasteiger partial charge in [-0.15, -0.1) is 0 Å². The molecule has 1 aromatic heterocycles. The Morgan fingerprint density at radius 3 is 2.40 bits per heavy atom. The van der Waals surface area contributed by atoms with E-state index >= 15 is 0 Å².